The molecule has 154 valence electrons. The smallest absolute Gasteiger partial charge is 0.297 e. The number of aromatic nitrogens is 4. The molecule has 11 heteroatoms. The van der Waals surface area contributed by atoms with Crippen molar-refractivity contribution in [2.24, 2.45) is 0 Å². The Bertz CT molecular complexity index is 1300. The van der Waals surface area contributed by atoms with Crippen LogP contribution in [0.4, 0.5) is 13.2 Å². The fourth-order valence-electron chi connectivity index (χ4n) is 2.73. The van der Waals surface area contributed by atoms with Gasteiger partial charge in [0.05, 0.1) is 4.90 Å². The van der Waals surface area contributed by atoms with Crippen molar-refractivity contribution in [2.45, 2.75) is 11.1 Å². The van der Waals surface area contributed by atoms with Crippen LogP contribution in [-0.2, 0) is 16.0 Å². The monoisotopic (exact) mass is 450 g/mol. The summed E-state index contributed by atoms with van der Waals surface area (Å²) in [5, 5.41) is 8.84. The second-order valence-corrected chi connectivity index (χ2v) is 9.36. The number of hydrogen-bond acceptors (Lipinski definition) is 6. The quantitative estimate of drug-likeness (QED) is 0.458. The molecular formula is C19H13F3N4O2S2. The standard InChI is InChI=1S/C19H13F3N4O2S2/c1-30(27,28)14-9-7-13(8-10-14)26-11-15(19(20,21)22)23-16(26)18-25-24-17(29-18)12-5-3-2-4-6-12/h2-11H,1H3. The Balaban J connectivity index is 1.82. The van der Waals surface area contributed by atoms with Crippen molar-refractivity contribution in [2.75, 3.05) is 6.26 Å². The lowest BCUT2D eigenvalue weighted by Crippen LogP contribution is -2.05. The first kappa shape index (κ1) is 20.2. The van der Waals surface area contributed by atoms with Crippen LogP contribution in [0.5, 0.6) is 0 Å². The SMILES string of the molecule is CS(=O)(=O)c1ccc(-n2cc(C(F)(F)F)nc2-c2nnc(-c3ccccc3)s2)cc1. The van der Waals surface area contributed by atoms with E-state index in [0.717, 1.165) is 29.4 Å². The second-order valence-electron chi connectivity index (χ2n) is 6.36. The van der Waals surface area contributed by atoms with Gasteiger partial charge in [0.2, 0.25) is 0 Å². The summed E-state index contributed by atoms with van der Waals surface area (Å²) in [6, 6.07) is 14.6. The van der Waals surface area contributed by atoms with E-state index in [1.54, 1.807) is 0 Å². The number of sulfone groups is 1. The molecule has 0 saturated carbocycles. The van der Waals surface area contributed by atoms with Crippen molar-refractivity contribution >= 4 is 21.2 Å². The maximum Gasteiger partial charge on any atom is 0.434 e. The Morgan fingerprint density at radius 3 is 2.17 bits per heavy atom. The van der Waals surface area contributed by atoms with E-state index in [0.29, 0.717) is 10.7 Å². The number of hydrogen-bond donors (Lipinski definition) is 0. The first-order valence-corrected chi connectivity index (χ1v) is 11.2. The van der Waals surface area contributed by atoms with Crippen molar-refractivity contribution < 1.29 is 21.6 Å². The van der Waals surface area contributed by atoms with Crippen LogP contribution in [0.1, 0.15) is 5.69 Å². The van der Waals surface area contributed by atoms with Gasteiger partial charge in [-0.2, -0.15) is 13.2 Å². The zero-order valence-corrected chi connectivity index (χ0v) is 17.0. The average Bonchev–Trinajstić information content (AvgIpc) is 3.35. The Labute approximate surface area is 173 Å². The molecule has 0 fully saturated rings. The normalized spacial score (nSPS) is 12.3. The van der Waals surface area contributed by atoms with Gasteiger partial charge >= 0.3 is 6.18 Å². The summed E-state index contributed by atoms with van der Waals surface area (Å²) in [7, 11) is -3.43. The van der Waals surface area contributed by atoms with Gasteiger partial charge in [-0.15, -0.1) is 10.2 Å². The Kier molecular flexibility index (Phi) is 4.94. The minimum absolute atomic E-state index is 0.0332. The molecule has 0 saturated heterocycles. The maximum absolute atomic E-state index is 13.3. The predicted octanol–water partition coefficient (Wildman–Crippen LogP) is 4.48. The summed E-state index contributed by atoms with van der Waals surface area (Å²) in [5.74, 6) is -0.0332. The zero-order chi connectivity index (χ0) is 21.5. The average molecular weight is 450 g/mol. The van der Waals surface area contributed by atoms with Crippen LogP contribution < -0.4 is 0 Å². The summed E-state index contributed by atoms with van der Waals surface area (Å²) in [6.07, 6.45) is -2.74. The van der Waals surface area contributed by atoms with Gasteiger partial charge in [-0.1, -0.05) is 41.7 Å². The predicted molar refractivity (Wildman–Crippen MR) is 106 cm³/mol. The van der Waals surface area contributed by atoms with Gasteiger partial charge in [-0.25, -0.2) is 13.4 Å². The number of nitrogens with zero attached hydrogens (tertiary/aromatic N) is 4. The molecule has 2 aromatic carbocycles. The molecule has 30 heavy (non-hydrogen) atoms. The van der Waals surface area contributed by atoms with Crippen LogP contribution >= 0.6 is 11.3 Å². The largest absolute Gasteiger partial charge is 0.434 e. The van der Waals surface area contributed by atoms with Crippen molar-refractivity contribution in [1.82, 2.24) is 19.7 Å². The van der Waals surface area contributed by atoms with Gasteiger partial charge in [-0.3, -0.25) is 4.57 Å². The van der Waals surface area contributed by atoms with Crippen molar-refractivity contribution in [1.29, 1.82) is 0 Å². The van der Waals surface area contributed by atoms with Gasteiger partial charge in [0.25, 0.3) is 0 Å². The lowest BCUT2D eigenvalue weighted by Gasteiger charge is -2.06. The Morgan fingerprint density at radius 1 is 0.933 bits per heavy atom. The summed E-state index contributed by atoms with van der Waals surface area (Å²) >= 11 is 1.11. The van der Waals surface area contributed by atoms with Gasteiger partial charge in [0.15, 0.2) is 26.4 Å². The van der Waals surface area contributed by atoms with E-state index in [2.05, 4.69) is 15.2 Å². The number of halogens is 3. The van der Waals surface area contributed by atoms with Crippen molar-refractivity contribution in [3.8, 4) is 27.1 Å². The molecular weight excluding hydrogens is 437 g/mol. The van der Waals surface area contributed by atoms with Gasteiger partial charge in [0.1, 0.15) is 5.01 Å². The lowest BCUT2D eigenvalue weighted by molar-refractivity contribution is -0.140. The topological polar surface area (TPSA) is 77.7 Å². The molecule has 0 N–H and O–H groups in total. The third-order valence-corrected chi connectivity index (χ3v) is 6.27. The third-order valence-electron chi connectivity index (χ3n) is 4.18. The highest BCUT2D eigenvalue weighted by Gasteiger charge is 2.35. The van der Waals surface area contributed by atoms with E-state index in [1.807, 2.05) is 30.3 Å². The highest BCUT2D eigenvalue weighted by molar-refractivity contribution is 7.90. The van der Waals surface area contributed by atoms with Crippen LogP contribution in [0, 0.1) is 0 Å². The number of imidazole rings is 1. The van der Waals surface area contributed by atoms with Crippen molar-refractivity contribution in [3.05, 3.63) is 66.5 Å². The number of alkyl halides is 3. The molecule has 0 aliphatic rings. The van der Waals surface area contributed by atoms with Crippen molar-refractivity contribution in [3.63, 3.8) is 0 Å². The van der Waals surface area contributed by atoms with Crippen LogP contribution in [0.3, 0.4) is 0 Å². The molecule has 0 unspecified atom stereocenters. The molecule has 4 aromatic rings. The molecule has 4 rings (SSSR count). The number of benzene rings is 2. The molecule has 0 aliphatic heterocycles. The summed E-state index contributed by atoms with van der Waals surface area (Å²) in [5.41, 5.74) is 0.0194. The molecule has 0 radical (unpaired) electrons. The van der Waals surface area contributed by atoms with Gasteiger partial charge < -0.3 is 0 Å². The molecule has 6 nitrogen and oxygen atoms in total. The van der Waals surface area contributed by atoms with E-state index in [9.17, 15) is 21.6 Å². The molecule has 0 spiro atoms. The van der Waals surface area contributed by atoms with Gasteiger partial charge in [0, 0.05) is 23.7 Å². The third kappa shape index (κ3) is 3.98. The summed E-state index contributed by atoms with van der Waals surface area (Å²) in [6.45, 7) is 0. The minimum atomic E-state index is -4.65. The van der Waals surface area contributed by atoms with E-state index >= 15 is 0 Å². The molecule has 2 heterocycles. The Hall–Kier alpha value is -3.05. The van der Waals surface area contributed by atoms with Crippen LogP contribution in [0.25, 0.3) is 27.1 Å². The molecule has 0 amide bonds. The van der Waals surface area contributed by atoms with E-state index in [-0.39, 0.29) is 15.7 Å². The first-order valence-electron chi connectivity index (χ1n) is 8.49. The lowest BCUT2D eigenvalue weighted by atomic mass is 10.2. The maximum atomic E-state index is 13.3. The molecule has 0 aliphatic carbocycles. The van der Waals surface area contributed by atoms with Crippen LogP contribution in [0.15, 0.2) is 65.7 Å². The molecule has 0 atom stereocenters. The van der Waals surface area contributed by atoms with E-state index < -0.39 is 21.7 Å². The highest BCUT2D eigenvalue weighted by Crippen LogP contribution is 2.35. The van der Waals surface area contributed by atoms with Crippen LogP contribution in [0.2, 0.25) is 0 Å². The first-order chi connectivity index (χ1) is 14.1. The fourth-order valence-corrected chi connectivity index (χ4v) is 4.20. The van der Waals surface area contributed by atoms with Gasteiger partial charge in [-0.05, 0) is 24.3 Å². The summed E-state index contributed by atoms with van der Waals surface area (Å²) in [4.78, 5) is 3.80. The summed E-state index contributed by atoms with van der Waals surface area (Å²) < 4.78 is 64.5. The highest BCUT2D eigenvalue weighted by atomic mass is 32.2. The zero-order valence-electron chi connectivity index (χ0n) is 15.3. The minimum Gasteiger partial charge on any atom is -0.297 e. The number of rotatable bonds is 4. The second kappa shape index (κ2) is 7.33. The van der Waals surface area contributed by atoms with E-state index in [4.69, 9.17) is 0 Å². The molecule has 0 bridgehead atoms. The molecule has 2 aromatic heterocycles. The van der Waals surface area contributed by atoms with Crippen LogP contribution in [-0.4, -0.2) is 34.4 Å². The van der Waals surface area contributed by atoms with E-state index in [1.165, 1.54) is 28.8 Å². The Morgan fingerprint density at radius 2 is 1.57 bits per heavy atom. The fraction of sp³-hybridized carbons (Fsp3) is 0.105.